The van der Waals surface area contributed by atoms with Crippen LogP contribution in [0, 0.1) is 0 Å². The second kappa shape index (κ2) is 3.84. The Hall–Kier alpha value is -1.10. The van der Waals surface area contributed by atoms with E-state index in [0.29, 0.717) is 0 Å². The molecule has 0 aliphatic carbocycles. The number of amides is 1. The highest BCUT2D eigenvalue weighted by Crippen LogP contribution is 1.82. The predicted octanol–water partition coefficient (Wildman–Crippen LogP) is -0.901. The van der Waals surface area contributed by atoms with E-state index in [1.165, 1.54) is 6.08 Å². The van der Waals surface area contributed by atoms with Crippen LogP contribution in [0.15, 0.2) is 12.7 Å². The molecule has 4 nitrogen and oxygen atoms in total. The maximum Gasteiger partial charge on any atom is 0.260 e. The van der Waals surface area contributed by atoms with E-state index < -0.39 is 16.2 Å². The van der Waals surface area contributed by atoms with E-state index in [1.54, 1.807) is 0 Å². The zero-order valence-electron chi connectivity index (χ0n) is 5.20. The van der Waals surface area contributed by atoms with Gasteiger partial charge < -0.3 is 5.73 Å². The average molecular weight is 161 g/mol. The van der Waals surface area contributed by atoms with Crippen LogP contribution >= 0.6 is 0 Å². The number of hydrogen-bond acceptors (Lipinski definition) is 3. The minimum absolute atomic E-state index is 0.00849. The fourth-order valence-corrected chi connectivity index (χ4v) is 0.800. The SMILES string of the molecule is C=CCC(C(N)=O)=S(=O)=O. The van der Waals surface area contributed by atoms with E-state index in [1.807, 2.05) is 0 Å². The standard InChI is InChI=1S/C5H7NO3S/c1-2-3-4(5(6)7)10(8)9/h2H,1,3H2,(H2,6,7). The lowest BCUT2D eigenvalue weighted by molar-refractivity contribution is -0.111. The molecule has 0 aromatic carbocycles. The lowest BCUT2D eigenvalue weighted by atomic mass is 10.3. The molecule has 0 fully saturated rings. The minimum atomic E-state index is -2.51. The number of allylic oxidation sites excluding steroid dienone is 1. The third kappa shape index (κ3) is 2.45. The number of carbonyl (C=O) groups excluding carboxylic acids is 1. The highest BCUT2D eigenvalue weighted by Gasteiger charge is 2.04. The van der Waals surface area contributed by atoms with Gasteiger partial charge in [-0.25, -0.2) is 0 Å². The zero-order valence-corrected chi connectivity index (χ0v) is 6.02. The molecular formula is C5H7NO3S. The molecule has 0 atom stereocenters. The molecule has 0 aromatic heterocycles. The van der Waals surface area contributed by atoms with Gasteiger partial charge in [0.2, 0.25) is 10.3 Å². The summed E-state index contributed by atoms with van der Waals surface area (Å²) in [6.45, 7) is 3.26. The maximum absolute atomic E-state index is 10.3. The second-order valence-corrected chi connectivity index (χ2v) is 2.48. The number of rotatable bonds is 3. The number of primary amides is 1. The first-order valence-corrected chi connectivity index (χ1v) is 3.53. The average Bonchev–Trinajstić information content (AvgIpc) is 1.81. The predicted molar refractivity (Wildman–Crippen MR) is 37.9 cm³/mol. The van der Waals surface area contributed by atoms with Crippen molar-refractivity contribution in [3.63, 3.8) is 0 Å². The third-order valence-corrected chi connectivity index (χ3v) is 1.58. The number of carbonyl (C=O) groups is 1. The zero-order chi connectivity index (χ0) is 8.15. The Labute approximate surface area is 59.9 Å². The van der Waals surface area contributed by atoms with Crippen molar-refractivity contribution in [2.24, 2.45) is 5.73 Å². The largest absolute Gasteiger partial charge is 0.365 e. The van der Waals surface area contributed by atoms with Crippen LogP contribution in [0.2, 0.25) is 0 Å². The lowest BCUT2D eigenvalue weighted by Crippen LogP contribution is -2.23. The van der Waals surface area contributed by atoms with Crippen LogP contribution in [-0.4, -0.2) is 19.2 Å². The molecule has 0 radical (unpaired) electrons. The topological polar surface area (TPSA) is 77.2 Å². The quantitative estimate of drug-likeness (QED) is 0.430. The van der Waals surface area contributed by atoms with Gasteiger partial charge in [-0.15, -0.1) is 6.58 Å². The van der Waals surface area contributed by atoms with Gasteiger partial charge in [-0.3, -0.25) is 4.79 Å². The molecule has 0 heterocycles. The Morgan fingerprint density at radius 2 is 2.10 bits per heavy atom. The van der Waals surface area contributed by atoms with Gasteiger partial charge in [-0.2, -0.15) is 8.42 Å². The van der Waals surface area contributed by atoms with Gasteiger partial charge in [-0.1, -0.05) is 6.08 Å². The Kier molecular flexibility index (Phi) is 3.42. The molecule has 1 amide bonds. The molecule has 0 saturated carbocycles. The number of hydrogen-bond donors (Lipinski definition) is 1. The van der Waals surface area contributed by atoms with E-state index in [0.717, 1.165) is 0 Å². The molecule has 5 heteroatoms. The van der Waals surface area contributed by atoms with Gasteiger partial charge in [0.05, 0.1) is 0 Å². The molecule has 0 bridgehead atoms. The molecule has 2 N–H and O–H groups in total. The maximum atomic E-state index is 10.3. The van der Waals surface area contributed by atoms with Crippen molar-refractivity contribution in [3.05, 3.63) is 12.7 Å². The molecule has 0 unspecified atom stereocenters. The van der Waals surface area contributed by atoms with Gasteiger partial charge in [0.15, 0.2) is 0 Å². The first kappa shape index (κ1) is 8.90. The van der Waals surface area contributed by atoms with E-state index in [9.17, 15) is 13.2 Å². The summed E-state index contributed by atoms with van der Waals surface area (Å²) in [6, 6.07) is 0. The van der Waals surface area contributed by atoms with Crippen LogP contribution in [0.1, 0.15) is 6.42 Å². The molecule has 0 aliphatic heterocycles. The van der Waals surface area contributed by atoms with Gasteiger partial charge in [-0.05, 0) is 0 Å². The van der Waals surface area contributed by atoms with Crippen molar-refractivity contribution in [1.29, 1.82) is 0 Å². The fraction of sp³-hybridized carbons (Fsp3) is 0.200. The van der Waals surface area contributed by atoms with Gasteiger partial charge in [0.25, 0.3) is 5.91 Å². The monoisotopic (exact) mass is 161 g/mol. The Morgan fingerprint density at radius 1 is 1.60 bits per heavy atom. The van der Waals surface area contributed by atoms with Crippen LogP contribution in [-0.2, 0) is 15.1 Å². The molecule has 0 spiro atoms. The summed E-state index contributed by atoms with van der Waals surface area (Å²) >= 11 is 0. The summed E-state index contributed by atoms with van der Waals surface area (Å²) in [7, 11) is -2.51. The van der Waals surface area contributed by atoms with E-state index in [2.05, 4.69) is 6.58 Å². The molecule has 56 valence electrons. The minimum Gasteiger partial charge on any atom is -0.365 e. The van der Waals surface area contributed by atoms with Crippen LogP contribution in [0.25, 0.3) is 0 Å². The molecule has 0 saturated heterocycles. The first-order valence-electron chi connectivity index (χ1n) is 2.45. The molecular weight excluding hydrogens is 154 g/mol. The Bertz CT molecular complexity index is 267. The van der Waals surface area contributed by atoms with Crippen LogP contribution in [0.3, 0.4) is 0 Å². The Morgan fingerprint density at radius 3 is 2.20 bits per heavy atom. The normalized spacial score (nSPS) is 8.40. The summed E-state index contributed by atoms with van der Waals surface area (Å²) in [5.41, 5.74) is 4.71. The highest BCUT2D eigenvalue weighted by atomic mass is 32.2. The fourth-order valence-electron chi connectivity index (χ4n) is 0.382. The van der Waals surface area contributed by atoms with Crippen LogP contribution in [0.4, 0.5) is 0 Å². The van der Waals surface area contributed by atoms with Crippen LogP contribution < -0.4 is 5.73 Å². The Balaban J connectivity index is 4.79. The summed E-state index contributed by atoms with van der Waals surface area (Å²) < 4.78 is 20.3. The summed E-state index contributed by atoms with van der Waals surface area (Å²) in [6.07, 6.45) is 1.29. The summed E-state index contributed by atoms with van der Waals surface area (Å²) in [5.74, 6) is -0.923. The third-order valence-electron chi connectivity index (χ3n) is 0.806. The molecule has 10 heavy (non-hydrogen) atoms. The number of nitrogens with two attached hydrogens (primary N) is 1. The van der Waals surface area contributed by atoms with Crippen molar-refractivity contribution in [3.8, 4) is 0 Å². The summed E-state index contributed by atoms with van der Waals surface area (Å²) in [4.78, 5) is 9.94. The van der Waals surface area contributed by atoms with Crippen LogP contribution in [0.5, 0.6) is 0 Å². The van der Waals surface area contributed by atoms with E-state index in [-0.39, 0.29) is 11.3 Å². The lowest BCUT2D eigenvalue weighted by Gasteiger charge is -1.87. The summed E-state index contributed by atoms with van der Waals surface area (Å²) in [5, 5.41) is 0. The van der Waals surface area contributed by atoms with Gasteiger partial charge >= 0.3 is 0 Å². The van der Waals surface area contributed by atoms with Gasteiger partial charge in [0, 0.05) is 6.42 Å². The van der Waals surface area contributed by atoms with Gasteiger partial charge in [0.1, 0.15) is 4.86 Å². The highest BCUT2D eigenvalue weighted by molar-refractivity contribution is 7.74. The van der Waals surface area contributed by atoms with Crippen molar-refractivity contribution in [2.75, 3.05) is 0 Å². The second-order valence-electron chi connectivity index (χ2n) is 1.51. The van der Waals surface area contributed by atoms with Crippen molar-refractivity contribution < 1.29 is 13.2 Å². The molecule has 0 aliphatic rings. The van der Waals surface area contributed by atoms with Crippen molar-refractivity contribution in [1.82, 2.24) is 0 Å². The molecule has 0 rings (SSSR count). The van der Waals surface area contributed by atoms with Crippen molar-refractivity contribution >= 4 is 21.1 Å². The van der Waals surface area contributed by atoms with E-state index in [4.69, 9.17) is 5.73 Å². The van der Waals surface area contributed by atoms with E-state index >= 15 is 0 Å². The molecule has 0 aromatic rings. The van der Waals surface area contributed by atoms with Crippen molar-refractivity contribution in [2.45, 2.75) is 6.42 Å². The first-order chi connectivity index (χ1) is 4.59. The smallest absolute Gasteiger partial charge is 0.260 e.